The molecule has 2 aromatic heterocycles. The first-order chi connectivity index (χ1) is 16.4. The molecule has 0 saturated carbocycles. The fourth-order valence-corrected chi connectivity index (χ4v) is 6.63. The number of piperazine rings is 1. The van der Waals surface area contributed by atoms with Crippen molar-refractivity contribution in [1.29, 1.82) is 0 Å². The van der Waals surface area contributed by atoms with Crippen LogP contribution in [0.4, 0.5) is 11.5 Å². The number of amides is 1. The molecule has 0 atom stereocenters. The van der Waals surface area contributed by atoms with Gasteiger partial charge in [-0.05, 0) is 49.1 Å². The van der Waals surface area contributed by atoms with E-state index < -0.39 is 10.0 Å². The van der Waals surface area contributed by atoms with Crippen LogP contribution in [0, 0.1) is 6.92 Å². The Kier molecular flexibility index (Phi) is 4.92. The van der Waals surface area contributed by atoms with Crippen molar-refractivity contribution in [1.82, 2.24) is 24.1 Å². The highest BCUT2D eigenvalue weighted by molar-refractivity contribution is 7.89. The summed E-state index contributed by atoms with van der Waals surface area (Å²) in [5, 5.41) is 4.24. The zero-order valence-corrected chi connectivity index (χ0v) is 19.7. The molecule has 34 heavy (non-hydrogen) atoms. The smallest absolute Gasteiger partial charge is 0.243 e. The SMILES string of the molecule is Cc1nc(N2CCN(S(=O)(=O)c3cc4c5c(c3)CCN5C(=O)CC4)CC2)cc(-n2cccn2)n1. The van der Waals surface area contributed by atoms with Crippen molar-refractivity contribution < 1.29 is 13.2 Å². The fraction of sp³-hybridized carbons (Fsp3) is 0.391. The van der Waals surface area contributed by atoms with Crippen molar-refractivity contribution >= 4 is 27.4 Å². The van der Waals surface area contributed by atoms with E-state index in [4.69, 9.17) is 0 Å². The highest BCUT2D eigenvalue weighted by Crippen LogP contribution is 2.39. The highest BCUT2D eigenvalue weighted by atomic mass is 32.2. The van der Waals surface area contributed by atoms with E-state index in [0.29, 0.717) is 68.5 Å². The van der Waals surface area contributed by atoms with Crippen LogP contribution >= 0.6 is 0 Å². The monoisotopic (exact) mass is 479 g/mol. The van der Waals surface area contributed by atoms with E-state index in [1.54, 1.807) is 27.3 Å². The number of aromatic nitrogens is 4. The zero-order chi connectivity index (χ0) is 23.4. The summed E-state index contributed by atoms with van der Waals surface area (Å²) in [6, 6.07) is 7.25. The van der Waals surface area contributed by atoms with Crippen LogP contribution in [-0.4, -0.2) is 71.1 Å². The van der Waals surface area contributed by atoms with Crippen LogP contribution in [0.15, 0.2) is 41.6 Å². The first-order valence-corrected chi connectivity index (χ1v) is 12.9. The van der Waals surface area contributed by atoms with Gasteiger partial charge < -0.3 is 9.80 Å². The number of rotatable bonds is 4. The van der Waals surface area contributed by atoms with Crippen molar-refractivity contribution in [3.8, 4) is 5.82 Å². The molecule has 0 aliphatic carbocycles. The second kappa shape index (κ2) is 7.88. The number of carbonyl (C=O) groups excluding carboxylic acids is 1. The Morgan fingerprint density at radius 1 is 0.882 bits per heavy atom. The minimum Gasteiger partial charge on any atom is -0.354 e. The summed E-state index contributed by atoms with van der Waals surface area (Å²) in [6.45, 7) is 4.30. The number of nitrogens with zero attached hydrogens (tertiary/aromatic N) is 7. The average Bonchev–Trinajstić information content (AvgIpc) is 3.52. The summed E-state index contributed by atoms with van der Waals surface area (Å²) in [7, 11) is -3.62. The van der Waals surface area contributed by atoms with Crippen LogP contribution in [0.1, 0.15) is 23.4 Å². The van der Waals surface area contributed by atoms with Gasteiger partial charge in [0.2, 0.25) is 15.9 Å². The van der Waals surface area contributed by atoms with E-state index in [9.17, 15) is 13.2 Å². The number of sulfonamides is 1. The van der Waals surface area contributed by atoms with Gasteiger partial charge in [-0.1, -0.05) is 0 Å². The molecule has 6 rings (SSSR count). The lowest BCUT2D eigenvalue weighted by Crippen LogP contribution is -2.49. The third-order valence-electron chi connectivity index (χ3n) is 6.78. The van der Waals surface area contributed by atoms with Crippen LogP contribution in [0.3, 0.4) is 0 Å². The number of anilines is 2. The lowest BCUT2D eigenvalue weighted by Gasteiger charge is -2.35. The minimum absolute atomic E-state index is 0.133. The number of carbonyl (C=O) groups is 1. The van der Waals surface area contributed by atoms with E-state index in [1.807, 2.05) is 30.2 Å². The van der Waals surface area contributed by atoms with Crippen molar-refractivity contribution in [3.63, 3.8) is 0 Å². The molecule has 0 unspecified atom stereocenters. The van der Waals surface area contributed by atoms with Crippen LogP contribution in [0.5, 0.6) is 0 Å². The number of hydrogen-bond acceptors (Lipinski definition) is 7. The second-order valence-corrected chi connectivity index (χ2v) is 10.8. The molecule has 176 valence electrons. The third kappa shape index (κ3) is 3.46. The molecule has 3 aromatic rings. The zero-order valence-electron chi connectivity index (χ0n) is 18.9. The van der Waals surface area contributed by atoms with Crippen LogP contribution < -0.4 is 9.80 Å². The number of hydrogen-bond donors (Lipinski definition) is 0. The van der Waals surface area contributed by atoms with Gasteiger partial charge in [-0.25, -0.2) is 23.1 Å². The summed E-state index contributed by atoms with van der Waals surface area (Å²) in [4.78, 5) is 25.4. The van der Waals surface area contributed by atoms with Gasteiger partial charge in [0.25, 0.3) is 0 Å². The summed E-state index contributed by atoms with van der Waals surface area (Å²) < 4.78 is 30.3. The maximum atomic E-state index is 13.5. The van der Waals surface area contributed by atoms with Crippen molar-refractivity contribution in [2.45, 2.75) is 31.1 Å². The molecular weight excluding hydrogens is 454 g/mol. The molecule has 11 heteroatoms. The van der Waals surface area contributed by atoms with Crippen LogP contribution in [0.2, 0.25) is 0 Å². The van der Waals surface area contributed by atoms with E-state index >= 15 is 0 Å². The Hall–Kier alpha value is -3.31. The molecule has 0 radical (unpaired) electrons. The third-order valence-corrected chi connectivity index (χ3v) is 8.65. The molecule has 1 saturated heterocycles. The molecule has 1 fully saturated rings. The average molecular weight is 480 g/mol. The van der Waals surface area contributed by atoms with E-state index in [0.717, 1.165) is 22.6 Å². The molecule has 0 N–H and O–H groups in total. The molecule has 1 amide bonds. The van der Waals surface area contributed by atoms with Gasteiger partial charge in [-0.2, -0.15) is 9.40 Å². The topological polar surface area (TPSA) is 105 Å². The summed E-state index contributed by atoms with van der Waals surface area (Å²) in [5.74, 6) is 2.22. The molecular formula is C23H25N7O3S. The Balaban J connectivity index is 1.22. The number of benzene rings is 1. The molecule has 0 bridgehead atoms. The Labute approximate surface area is 197 Å². The molecule has 1 aromatic carbocycles. The molecule has 5 heterocycles. The van der Waals surface area contributed by atoms with E-state index in [-0.39, 0.29) is 5.91 Å². The van der Waals surface area contributed by atoms with E-state index in [2.05, 4.69) is 20.0 Å². The summed E-state index contributed by atoms with van der Waals surface area (Å²) in [5.41, 5.74) is 2.87. The Bertz CT molecular complexity index is 1380. The predicted octanol–water partition coefficient (Wildman–Crippen LogP) is 1.32. The summed E-state index contributed by atoms with van der Waals surface area (Å²) >= 11 is 0. The van der Waals surface area contributed by atoms with Gasteiger partial charge in [-0.15, -0.1) is 0 Å². The summed E-state index contributed by atoms with van der Waals surface area (Å²) in [6.07, 6.45) is 5.27. The van der Waals surface area contributed by atoms with Gasteiger partial charge >= 0.3 is 0 Å². The van der Waals surface area contributed by atoms with Crippen molar-refractivity contribution in [2.75, 3.05) is 42.5 Å². The standard InChI is InChI=1S/C23H25N7O3S/c1-16-25-20(15-21(26-16)30-7-2-6-24-30)27-9-11-28(12-10-27)34(32,33)19-13-17-3-4-22(31)29-8-5-18(14-19)23(17)29/h2,6-7,13-15H,3-5,8-12H2,1H3. The van der Waals surface area contributed by atoms with Crippen LogP contribution in [-0.2, 0) is 27.7 Å². The highest BCUT2D eigenvalue weighted by Gasteiger charge is 2.35. The molecule has 3 aliphatic rings. The normalized spacial score (nSPS) is 18.4. The van der Waals surface area contributed by atoms with Crippen molar-refractivity contribution in [3.05, 3.63) is 53.6 Å². The maximum absolute atomic E-state index is 13.5. The van der Waals surface area contributed by atoms with E-state index in [1.165, 1.54) is 0 Å². The predicted molar refractivity (Wildman–Crippen MR) is 126 cm³/mol. The fourth-order valence-electron chi connectivity index (χ4n) is 5.10. The van der Waals surface area contributed by atoms with Gasteiger partial charge in [-0.3, -0.25) is 4.79 Å². The Morgan fingerprint density at radius 3 is 2.35 bits per heavy atom. The van der Waals surface area contributed by atoms with Crippen molar-refractivity contribution in [2.24, 2.45) is 0 Å². The first kappa shape index (κ1) is 21.2. The van der Waals surface area contributed by atoms with Gasteiger partial charge in [0.1, 0.15) is 11.6 Å². The molecule has 0 spiro atoms. The largest absolute Gasteiger partial charge is 0.354 e. The minimum atomic E-state index is -3.62. The maximum Gasteiger partial charge on any atom is 0.243 e. The van der Waals surface area contributed by atoms with Gasteiger partial charge in [0, 0.05) is 57.6 Å². The number of aryl methyl sites for hydroxylation is 2. The second-order valence-electron chi connectivity index (χ2n) is 8.86. The molecule has 3 aliphatic heterocycles. The lowest BCUT2D eigenvalue weighted by molar-refractivity contribution is -0.118. The Morgan fingerprint density at radius 2 is 1.62 bits per heavy atom. The lowest BCUT2D eigenvalue weighted by atomic mass is 10.00. The van der Waals surface area contributed by atoms with Crippen LogP contribution in [0.25, 0.3) is 5.82 Å². The molecule has 10 nitrogen and oxygen atoms in total. The first-order valence-electron chi connectivity index (χ1n) is 11.5. The van der Waals surface area contributed by atoms with Gasteiger partial charge in [0.15, 0.2) is 5.82 Å². The quantitative estimate of drug-likeness (QED) is 0.556. The van der Waals surface area contributed by atoms with Gasteiger partial charge in [0.05, 0.1) is 10.6 Å².